The highest BCUT2D eigenvalue weighted by molar-refractivity contribution is 6.31. The zero-order valence-corrected chi connectivity index (χ0v) is 11.1. The first-order chi connectivity index (χ1) is 9.47. The molecule has 0 saturated carbocycles. The number of benzene rings is 2. The Bertz CT molecular complexity index is 570. The van der Waals surface area contributed by atoms with Crippen LogP contribution in [0.3, 0.4) is 0 Å². The molecule has 0 spiro atoms. The Morgan fingerprint density at radius 3 is 2.35 bits per heavy atom. The Morgan fingerprint density at radius 2 is 1.70 bits per heavy atom. The molecule has 0 radical (unpaired) electrons. The summed E-state index contributed by atoms with van der Waals surface area (Å²) >= 11 is 5.89. The Hall–Kier alpha value is -1.72. The molecular weight excluding hydrogens is 289 g/mol. The predicted octanol–water partition coefficient (Wildman–Crippen LogP) is 4.48. The molecule has 0 aliphatic rings. The maximum absolute atomic E-state index is 12.6. The summed E-state index contributed by atoms with van der Waals surface area (Å²) in [6.45, 7) is 0.178. The number of alkyl halides is 3. The van der Waals surface area contributed by atoms with E-state index in [9.17, 15) is 13.2 Å². The van der Waals surface area contributed by atoms with Crippen LogP contribution in [-0.2, 0) is 12.7 Å². The van der Waals surface area contributed by atoms with Gasteiger partial charge in [-0.15, -0.1) is 0 Å². The molecule has 0 amide bonds. The largest absolute Gasteiger partial charge is 0.416 e. The van der Waals surface area contributed by atoms with Crippen molar-refractivity contribution < 1.29 is 13.2 Å². The van der Waals surface area contributed by atoms with Crippen LogP contribution >= 0.6 is 11.6 Å². The molecule has 0 heterocycles. The van der Waals surface area contributed by atoms with Crippen molar-refractivity contribution in [2.75, 3.05) is 5.43 Å². The lowest BCUT2D eigenvalue weighted by atomic mass is 10.1. The van der Waals surface area contributed by atoms with Crippen LogP contribution in [0.15, 0.2) is 48.5 Å². The van der Waals surface area contributed by atoms with Crippen LogP contribution in [0.1, 0.15) is 11.1 Å². The van der Waals surface area contributed by atoms with Crippen molar-refractivity contribution in [1.29, 1.82) is 0 Å². The van der Waals surface area contributed by atoms with Crippen molar-refractivity contribution in [3.63, 3.8) is 0 Å². The molecule has 2 aromatic carbocycles. The second-order valence-corrected chi connectivity index (χ2v) is 4.56. The minimum absolute atomic E-state index is 0.178. The number of halogens is 4. The minimum atomic E-state index is -4.37. The van der Waals surface area contributed by atoms with Crippen LogP contribution < -0.4 is 10.9 Å². The number of anilines is 1. The summed E-state index contributed by atoms with van der Waals surface area (Å²) in [5.41, 5.74) is 6.21. The highest BCUT2D eigenvalue weighted by atomic mass is 35.5. The van der Waals surface area contributed by atoms with Gasteiger partial charge in [-0.05, 0) is 35.9 Å². The zero-order valence-electron chi connectivity index (χ0n) is 10.3. The van der Waals surface area contributed by atoms with Crippen LogP contribution in [0.5, 0.6) is 0 Å². The third kappa shape index (κ3) is 3.88. The van der Waals surface area contributed by atoms with Gasteiger partial charge in [-0.3, -0.25) is 0 Å². The third-order valence-corrected chi connectivity index (χ3v) is 3.03. The fourth-order valence-electron chi connectivity index (χ4n) is 1.65. The minimum Gasteiger partial charge on any atom is -0.321 e. The first kappa shape index (κ1) is 14.7. The molecule has 0 fully saturated rings. The summed E-state index contributed by atoms with van der Waals surface area (Å²) < 4.78 is 37.8. The van der Waals surface area contributed by atoms with Crippen LogP contribution in [0.25, 0.3) is 0 Å². The van der Waals surface area contributed by atoms with E-state index in [0.29, 0.717) is 10.6 Å². The van der Waals surface area contributed by atoms with E-state index in [1.807, 2.05) is 30.3 Å². The lowest BCUT2D eigenvalue weighted by Crippen LogP contribution is -2.21. The summed E-state index contributed by atoms with van der Waals surface area (Å²) in [6.07, 6.45) is -4.37. The Morgan fingerprint density at radius 1 is 1.00 bits per heavy atom. The predicted molar refractivity (Wildman–Crippen MR) is 73.4 cm³/mol. The Kier molecular flexibility index (Phi) is 4.52. The maximum atomic E-state index is 12.6. The average molecular weight is 301 g/mol. The van der Waals surface area contributed by atoms with Crippen LogP contribution in [0, 0.1) is 0 Å². The summed E-state index contributed by atoms with van der Waals surface area (Å²) in [7, 11) is 0. The molecule has 2 rings (SSSR count). The molecule has 106 valence electrons. The number of rotatable bonds is 4. The van der Waals surface area contributed by atoms with E-state index >= 15 is 0 Å². The number of nitrogens with one attached hydrogen (secondary N) is 2. The van der Waals surface area contributed by atoms with E-state index in [1.165, 1.54) is 6.07 Å². The molecule has 0 atom stereocenters. The number of hydrogen-bond acceptors (Lipinski definition) is 2. The van der Waals surface area contributed by atoms with E-state index in [0.717, 1.165) is 17.8 Å². The van der Waals surface area contributed by atoms with Gasteiger partial charge in [0.25, 0.3) is 0 Å². The average Bonchev–Trinajstić information content (AvgIpc) is 2.41. The van der Waals surface area contributed by atoms with Gasteiger partial charge in [0.15, 0.2) is 0 Å². The fraction of sp³-hybridized carbons (Fsp3) is 0.143. The highest BCUT2D eigenvalue weighted by Gasteiger charge is 2.30. The summed E-state index contributed by atoms with van der Waals surface area (Å²) in [6, 6.07) is 12.5. The molecule has 2 N–H and O–H groups in total. The first-order valence-corrected chi connectivity index (χ1v) is 6.24. The standard InChI is InChI=1S/C14H12ClF3N2/c15-13-7-6-11(14(16,17)18)8-10(13)9-19-20-12-4-2-1-3-5-12/h1-8,19-20H,9H2. The smallest absolute Gasteiger partial charge is 0.321 e. The zero-order chi connectivity index (χ0) is 14.6. The molecule has 20 heavy (non-hydrogen) atoms. The van der Waals surface area contributed by atoms with Gasteiger partial charge >= 0.3 is 6.18 Å². The molecule has 0 bridgehead atoms. The Balaban J connectivity index is 2.02. The van der Waals surface area contributed by atoms with E-state index < -0.39 is 11.7 Å². The van der Waals surface area contributed by atoms with Gasteiger partial charge in [-0.1, -0.05) is 29.8 Å². The highest BCUT2D eigenvalue weighted by Crippen LogP contribution is 2.31. The Labute approximate surface area is 119 Å². The van der Waals surface area contributed by atoms with Gasteiger partial charge in [0.1, 0.15) is 0 Å². The second kappa shape index (κ2) is 6.15. The molecular formula is C14H12ClF3N2. The molecule has 0 aliphatic heterocycles. The molecule has 2 aromatic rings. The van der Waals surface area contributed by atoms with Crippen LogP contribution in [0.2, 0.25) is 5.02 Å². The summed E-state index contributed by atoms with van der Waals surface area (Å²) in [5, 5.41) is 0.292. The third-order valence-electron chi connectivity index (χ3n) is 2.66. The van der Waals surface area contributed by atoms with Crippen molar-refractivity contribution in [3.05, 3.63) is 64.7 Å². The molecule has 0 saturated heterocycles. The summed E-state index contributed by atoms with van der Waals surface area (Å²) in [5.74, 6) is 0. The lowest BCUT2D eigenvalue weighted by molar-refractivity contribution is -0.137. The SMILES string of the molecule is FC(F)(F)c1ccc(Cl)c(CNNc2ccccc2)c1. The normalized spacial score (nSPS) is 11.4. The lowest BCUT2D eigenvalue weighted by Gasteiger charge is -2.12. The van der Waals surface area contributed by atoms with Crippen molar-refractivity contribution in [2.45, 2.75) is 12.7 Å². The quantitative estimate of drug-likeness (QED) is 0.814. The second-order valence-electron chi connectivity index (χ2n) is 4.15. The molecule has 0 aromatic heterocycles. The van der Waals surface area contributed by atoms with Gasteiger partial charge in [0.05, 0.1) is 5.56 Å². The number of hydrogen-bond donors (Lipinski definition) is 2. The van der Waals surface area contributed by atoms with E-state index in [2.05, 4.69) is 10.9 Å². The van der Waals surface area contributed by atoms with Crippen molar-refractivity contribution in [3.8, 4) is 0 Å². The topological polar surface area (TPSA) is 24.1 Å². The summed E-state index contributed by atoms with van der Waals surface area (Å²) in [4.78, 5) is 0. The van der Waals surface area contributed by atoms with Crippen molar-refractivity contribution in [2.24, 2.45) is 0 Å². The van der Waals surface area contributed by atoms with E-state index in [1.54, 1.807) is 0 Å². The van der Waals surface area contributed by atoms with Gasteiger partial charge < -0.3 is 5.43 Å². The molecule has 0 aliphatic carbocycles. The van der Waals surface area contributed by atoms with E-state index in [-0.39, 0.29) is 6.54 Å². The van der Waals surface area contributed by atoms with Gasteiger partial charge in [0.2, 0.25) is 0 Å². The van der Waals surface area contributed by atoms with Crippen LogP contribution in [0.4, 0.5) is 18.9 Å². The van der Waals surface area contributed by atoms with E-state index in [4.69, 9.17) is 11.6 Å². The molecule has 2 nitrogen and oxygen atoms in total. The van der Waals surface area contributed by atoms with Crippen molar-refractivity contribution >= 4 is 17.3 Å². The maximum Gasteiger partial charge on any atom is 0.416 e. The fourth-order valence-corrected chi connectivity index (χ4v) is 1.83. The monoisotopic (exact) mass is 300 g/mol. The molecule has 6 heteroatoms. The van der Waals surface area contributed by atoms with Crippen molar-refractivity contribution in [1.82, 2.24) is 5.43 Å². The number of para-hydroxylation sites is 1. The van der Waals surface area contributed by atoms with Crippen LogP contribution in [-0.4, -0.2) is 0 Å². The molecule has 0 unspecified atom stereocenters. The van der Waals surface area contributed by atoms with Gasteiger partial charge in [-0.2, -0.15) is 13.2 Å². The number of hydrazine groups is 1. The van der Waals surface area contributed by atoms with Gasteiger partial charge in [0, 0.05) is 17.3 Å². The first-order valence-electron chi connectivity index (χ1n) is 5.86. The van der Waals surface area contributed by atoms with Gasteiger partial charge in [-0.25, -0.2) is 5.43 Å².